The van der Waals surface area contributed by atoms with Crippen molar-refractivity contribution in [1.29, 1.82) is 0 Å². The van der Waals surface area contributed by atoms with Crippen LogP contribution < -0.4 is 4.74 Å². The highest BCUT2D eigenvalue weighted by Gasteiger charge is 2.16. The normalized spacial score (nSPS) is 12.6. The summed E-state index contributed by atoms with van der Waals surface area (Å²) in [7, 11) is 1.27. The summed E-state index contributed by atoms with van der Waals surface area (Å²) in [6, 6.07) is 1.94. The molecule has 1 aromatic rings. The monoisotopic (exact) mass is 248 g/mol. The van der Waals surface area contributed by atoms with Gasteiger partial charge in [-0.2, -0.15) is 11.8 Å². The zero-order valence-electron chi connectivity index (χ0n) is 9.17. The Bertz CT molecular complexity index is 358. The molecule has 0 amide bonds. The van der Waals surface area contributed by atoms with Crippen LogP contribution in [0.2, 0.25) is 0 Å². The van der Waals surface area contributed by atoms with Gasteiger partial charge in [-0.15, -0.1) is 0 Å². The Kier molecular flexibility index (Phi) is 5.02. The quantitative estimate of drug-likeness (QED) is 0.868. The lowest BCUT2D eigenvalue weighted by atomic mass is 10.1. The number of hydrogen-bond donors (Lipinski definition) is 1. The van der Waals surface area contributed by atoms with Crippen molar-refractivity contribution in [2.45, 2.75) is 12.5 Å². The molecule has 0 fully saturated rings. The van der Waals surface area contributed by atoms with Gasteiger partial charge in [-0.05, 0) is 24.5 Å². The fourth-order valence-electron chi connectivity index (χ4n) is 1.34. The highest BCUT2D eigenvalue weighted by Crippen LogP contribution is 2.27. The maximum atomic E-state index is 13.5. The van der Waals surface area contributed by atoms with Crippen LogP contribution >= 0.6 is 11.8 Å². The van der Waals surface area contributed by atoms with Crippen LogP contribution in [0.25, 0.3) is 0 Å². The lowest BCUT2D eigenvalue weighted by Crippen LogP contribution is -2.04. The zero-order chi connectivity index (χ0) is 12.1. The van der Waals surface area contributed by atoms with Crippen molar-refractivity contribution in [3.8, 4) is 5.75 Å². The SMILES string of the molecule is COc1cc(F)c(C(O)CCSC)cc1F. The van der Waals surface area contributed by atoms with Gasteiger partial charge in [0.15, 0.2) is 11.6 Å². The molecular weight excluding hydrogens is 234 g/mol. The third-order valence-electron chi connectivity index (χ3n) is 2.23. The fraction of sp³-hybridized carbons (Fsp3) is 0.455. The molecule has 2 nitrogen and oxygen atoms in total. The molecule has 16 heavy (non-hydrogen) atoms. The molecule has 1 atom stereocenters. The Morgan fingerprint density at radius 3 is 2.62 bits per heavy atom. The van der Waals surface area contributed by atoms with Crippen molar-refractivity contribution in [2.75, 3.05) is 19.1 Å². The highest BCUT2D eigenvalue weighted by molar-refractivity contribution is 7.98. The first-order valence-electron chi connectivity index (χ1n) is 4.80. The van der Waals surface area contributed by atoms with Crippen LogP contribution in [-0.2, 0) is 0 Å². The number of methoxy groups -OCH3 is 1. The summed E-state index contributed by atoms with van der Waals surface area (Å²) in [6.07, 6.45) is 1.30. The van der Waals surface area contributed by atoms with E-state index in [1.807, 2.05) is 6.26 Å². The Balaban J connectivity index is 2.92. The number of aliphatic hydroxyl groups is 1. The van der Waals surface area contributed by atoms with Gasteiger partial charge in [-0.3, -0.25) is 0 Å². The molecule has 0 radical (unpaired) electrons. The summed E-state index contributed by atoms with van der Waals surface area (Å²) >= 11 is 1.54. The molecule has 0 aliphatic carbocycles. The largest absolute Gasteiger partial charge is 0.494 e. The Hall–Kier alpha value is -0.810. The Labute approximate surface area is 97.6 Å². The fourth-order valence-corrected chi connectivity index (χ4v) is 1.80. The van der Waals surface area contributed by atoms with Gasteiger partial charge < -0.3 is 9.84 Å². The average Bonchev–Trinajstić information content (AvgIpc) is 2.28. The van der Waals surface area contributed by atoms with Crippen molar-refractivity contribution in [1.82, 2.24) is 0 Å². The molecule has 0 aliphatic heterocycles. The lowest BCUT2D eigenvalue weighted by Gasteiger charge is -2.12. The van der Waals surface area contributed by atoms with Gasteiger partial charge in [0, 0.05) is 11.6 Å². The first kappa shape index (κ1) is 13.3. The van der Waals surface area contributed by atoms with Gasteiger partial charge in [-0.25, -0.2) is 8.78 Å². The van der Waals surface area contributed by atoms with E-state index in [0.29, 0.717) is 12.2 Å². The molecule has 1 unspecified atom stereocenters. The predicted molar refractivity (Wildman–Crippen MR) is 60.9 cm³/mol. The third kappa shape index (κ3) is 3.09. The average molecular weight is 248 g/mol. The predicted octanol–water partition coefficient (Wildman–Crippen LogP) is 2.76. The number of benzene rings is 1. The first-order valence-corrected chi connectivity index (χ1v) is 6.19. The van der Waals surface area contributed by atoms with E-state index in [1.54, 1.807) is 11.8 Å². The number of aliphatic hydroxyl groups excluding tert-OH is 1. The van der Waals surface area contributed by atoms with Gasteiger partial charge in [0.25, 0.3) is 0 Å². The van der Waals surface area contributed by atoms with E-state index in [-0.39, 0.29) is 11.3 Å². The topological polar surface area (TPSA) is 29.5 Å². The van der Waals surface area contributed by atoms with E-state index < -0.39 is 17.7 Å². The lowest BCUT2D eigenvalue weighted by molar-refractivity contribution is 0.169. The van der Waals surface area contributed by atoms with E-state index >= 15 is 0 Å². The van der Waals surface area contributed by atoms with E-state index in [9.17, 15) is 13.9 Å². The number of ether oxygens (including phenoxy) is 1. The molecular formula is C11H14F2O2S. The molecule has 0 saturated heterocycles. The minimum atomic E-state index is -0.979. The summed E-state index contributed by atoms with van der Waals surface area (Å²) in [4.78, 5) is 0. The smallest absolute Gasteiger partial charge is 0.165 e. The summed E-state index contributed by atoms with van der Waals surface area (Å²) in [6.45, 7) is 0. The molecule has 90 valence electrons. The van der Waals surface area contributed by atoms with E-state index in [2.05, 4.69) is 4.74 Å². The molecule has 1 aromatic carbocycles. The molecule has 0 saturated carbocycles. The van der Waals surface area contributed by atoms with Gasteiger partial charge >= 0.3 is 0 Å². The molecule has 0 spiro atoms. The van der Waals surface area contributed by atoms with Crippen LogP contribution in [0.4, 0.5) is 8.78 Å². The molecule has 1 rings (SSSR count). The van der Waals surface area contributed by atoms with E-state index in [0.717, 1.165) is 12.1 Å². The number of hydrogen-bond acceptors (Lipinski definition) is 3. The Morgan fingerprint density at radius 2 is 2.06 bits per heavy atom. The van der Waals surface area contributed by atoms with E-state index in [4.69, 9.17) is 0 Å². The first-order chi connectivity index (χ1) is 7.60. The van der Waals surface area contributed by atoms with E-state index in [1.165, 1.54) is 7.11 Å². The van der Waals surface area contributed by atoms with Crippen LogP contribution in [0.3, 0.4) is 0 Å². The van der Waals surface area contributed by atoms with Crippen molar-refractivity contribution in [2.24, 2.45) is 0 Å². The second-order valence-corrected chi connectivity index (χ2v) is 4.29. The second-order valence-electron chi connectivity index (χ2n) is 3.31. The van der Waals surface area contributed by atoms with Crippen LogP contribution in [-0.4, -0.2) is 24.2 Å². The van der Waals surface area contributed by atoms with Crippen molar-refractivity contribution >= 4 is 11.8 Å². The number of halogens is 2. The minimum absolute atomic E-state index is 0.0210. The van der Waals surface area contributed by atoms with Gasteiger partial charge in [0.1, 0.15) is 5.82 Å². The van der Waals surface area contributed by atoms with Gasteiger partial charge in [0.05, 0.1) is 13.2 Å². The third-order valence-corrected chi connectivity index (χ3v) is 2.87. The molecule has 1 N–H and O–H groups in total. The van der Waals surface area contributed by atoms with Crippen molar-refractivity contribution in [3.63, 3.8) is 0 Å². The highest BCUT2D eigenvalue weighted by atomic mass is 32.2. The number of thioether (sulfide) groups is 1. The maximum absolute atomic E-state index is 13.5. The Morgan fingerprint density at radius 1 is 1.38 bits per heavy atom. The second kappa shape index (κ2) is 6.06. The summed E-state index contributed by atoms with van der Waals surface area (Å²) in [5.74, 6) is -0.777. The standard InChI is InChI=1S/C11H14F2O2S/c1-15-11-6-8(12)7(5-9(11)13)10(14)3-4-16-2/h5-6,10,14H,3-4H2,1-2H3. The van der Waals surface area contributed by atoms with Gasteiger partial charge in [0.2, 0.25) is 0 Å². The van der Waals surface area contributed by atoms with Crippen LogP contribution in [0, 0.1) is 11.6 Å². The van der Waals surface area contributed by atoms with Crippen LogP contribution in [0.15, 0.2) is 12.1 Å². The number of rotatable bonds is 5. The maximum Gasteiger partial charge on any atom is 0.165 e. The van der Waals surface area contributed by atoms with Crippen molar-refractivity contribution in [3.05, 3.63) is 29.3 Å². The summed E-state index contributed by atoms with van der Waals surface area (Å²) in [5.41, 5.74) is -0.0210. The summed E-state index contributed by atoms with van der Waals surface area (Å²) < 4.78 is 31.4. The van der Waals surface area contributed by atoms with Crippen LogP contribution in [0.5, 0.6) is 5.75 Å². The molecule has 5 heteroatoms. The summed E-state index contributed by atoms with van der Waals surface area (Å²) in [5, 5.41) is 9.66. The van der Waals surface area contributed by atoms with Crippen molar-refractivity contribution < 1.29 is 18.6 Å². The molecule has 0 bridgehead atoms. The molecule has 0 aromatic heterocycles. The van der Waals surface area contributed by atoms with Crippen LogP contribution in [0.1, 0.15) is 18.1 Å². The molecule has 0 aliphatic rings. The minimum Gasteiger partial charge on any atom is -0.494 e. The molecule has 0 heterocycles. The van der Waals surface area contributed by atoms with Gasteiger partial charge in [-0.1, -0.05) is 0 Å². The zero-order valence-corrected chi connectivity index (χ0v) is 9.98.